The Morgan fingerprint density at radius 3 is 2.86 bits per heavy atom. The normalized spacial score (nSPS) is 22.0. The highest BCUT2D eigenvalue weighted by molar-refractivity contribution is 6.31. The maximum atomic E-state index is 11.9. The molecule has 1 N–H and O–H groups in total. The molecule has 4 heteroatoms. The summed E-state index contributed by atoms with van der Waals surface area (Å²) in [5, 5.41) is 3.53. The van der Waals surface area contributed by atoms with Crippen LogP contribution < -0.4 is 5.32 Å². The van der Waals surface area contributed by atoms with Crippen LogP contribution in [0.5, 0.6) is 0 Å². The van der Waals surface area contributed by atoms with E-state index in [1.807, 2.05) is 18.2 Å². The summed E-state index contributed by atoms with van der Waals surface area (Å²) in [6.45, 7) is 3.40. The van der Waals surface area contributed by atoms with E-state index in [4.69, 9.17) is 16.3 Å². The Kier molecular flexibility index (Phi) is 6.52. The molecule has 0 bridgehead atoms. The highest BCUT2D eigenvalue weighted by Gasteiger charge is 2.21. The van der Waals surface area contributed by atoms with E-state index in [1.165, 1.54) is 19.3 Å². The number of ether oxygens (including phenoxy) is 1. The fourth-order valence-corrected chi connectivity index (χ4v) is 3.01. The summed E-state index contributed by atoms with van der Waals surface area (Å²) in [7, 11) is 0. The van der Waals surface area contributed by atoms with Crippen molar-refractivity contribution in [3.63, 3.8) is 0 Å². The summed E-state index contributed by atoms with van der Waals surface area (Å²) < 4.78 is 5.88. The molecule has 0 unspecified atom stereocenters. The van der Waals surface area contributed by atoms with Crippen molar-refractivity contribution in [3.05, 3.63) is 34.9 Å². The van der Waals surface area contributed by atoms with Crippen molar-refractivity contribution in [1.82, 2.24) is 5.32 Å². The SMILES string of the molecule is C[C@H]1CCCC[C@@H]1OCCNC(=O)Cc1ccccc1Cl. The molecule has 3 nitrogen and oxygen atoms in total. The van der Waals surface area contributed by atoms with Crippen LogP contribution in [0, 0.1) is 5.92 Å². The molecule has 1 aliphatic rings. The fraction of sp³-hybridized carbons (Fsp3) is 0.588. The number of carbonyl (C=O) groups is 1. The maximum absolute atomic E-state index is 11.9. The molecule has 0 spiro atoms. The van der Waals surface area contributed by atoms with Gasteiger partial charge >= 0.3 is 0 Å². The Balaban J connectivity index is 1.64. The van der Waals surface area contributed by atoms with Gasteiger partial charge in [-0.3, -0.25) is 4.79 Å². The van der Waals surface area contributed by atoms with Crippen LogP contribution in [0.4, 0.5) is 0 Å². The lowest BCUT2D eigenvalue weighted by molar-refractivity contribution is -0.120. The Labute approximate surface area is 132 Å². The molecule has 1 saturated carbocycles. The first-order chi connectivity index (χ1) is 10.2. The van der Waals surface area contributed by atoms with Crippen molar-refractivity contribution in [2.45, 2.75) is 45.1 Å². The summed E-state index contributed by atoms with van der Waals surface area (Å²) in [4.78, 5) is 11.9. The Morgan fingerprint density at radius 1 is 1.33 bits per heavy atom. The van der Waals surface area contributed by atoms with Gasteiger partial charge in [-0.25, -0.2) is 0 Å². The maximum Gasteiger partial charge on any atom is 0.224 e. The fourth-order valence-electron chi connectivity index (χ4n) is 2.81. The van der Waals surface area contributed by atoms with Gasteiger partial charge < -0.3 is 10.1 Å². The van der Waals surface area contributed by atoms with Gasteiger partial charge in [0.15, 0.2) is 0 Å². The molecule has 1 aliphatic carbocycles. The van der Waals surface area contributed by atoms with Gasteiger partial charge in [0.25, 0.3) is 0 Å². The third-order valence-corrected chi connectivity index (χ3v) is 4.47. The first-order valence-corrected chi connectivity index (χ1v) is 8.16. The summed E-state index contributed by atoms with van der Waals surface area (Å²) in [5.74, 6) is 0.626. The van der Waals surface area contributed by atoms with Gasteiger partial charge in [-0.15, -0.1) is 0 Å². The van der Waals surface area contributed by atoms with E-state index in [1.54, 1.807) is 6.07 Å². The van der Waals surface area contributed by atoms with Gasteiger partial charge in [0.2, 0.25) is 5.91 Å². The summed E-state index contributed by atoms with van der Waals surface area (Å²) in [6.07, 6.45) is 5.65. The first kappa shape index (κ1) is 16.3. The van der Waals surface area contributed by atoms with Crippen molar-refractivity contribution >= 4 is 17.5 Å². The van der Waals surface area contributed by atoms with Crippen LogP contribution in [0.2, 0.25) is 5.02 Å². The van der Waals surface area contributed by atoms with Gasteiger partial charge in [-0.1, -0.05) is 49.6 Å². The van der Waals surface area contributed by atoms with Crippen molar-refractivity contribution < 1.29 is 9.53 Å². The number of hydrogen-bond donors (Lipinski definition) is 1. The predicted molar refractivity (Wildman–Crippen MR) is 85.5 cm³/mol. The molecule has 116 valence electrons. The number of carbonyl (C=O) groups excluding carboxylic acids is 1. The Hall–Kier alpha value is -1.06. The molecule has 21 heavy (non-hydrogen) atoms. The molecule has 0 aliphatic heterocycles. The topological polar surface area (TPSA) is 38.3 Å². The molecule has 1 fully saturated rings. The smallest absolute Gasteiger partial charge is 0.224 e. The summed E-state index contributed by atoms with van der Waals surface area (Å²) in [6, 6.07) is 7.44. The van der Waals surface area contributed by atoms with Crippen molar-refractivity contribution in [2.75, 3.05) is 13.2 Å². The zero-order valence-corrected chi connectivity index (χ0v) is 13.4. The van der Waals surface area contributed by atoms with Crippen LogP contribution in [-0.4, -0.2) is 25.2 Å². The van der Waals surface area contributed by atoms with Crippen molar-refractivity contribution in [2.24, 2.45) is 5.92 Å². The van der Waals surface area contributed by atoms with Crippen LogP contribution >= 0.6 is 11.6 Å². The molecule has 2 atom stereocenters. The van der Waals surface area contributed by atoms with E-state index in [9.17, 15) is 4.79 Å². The van der Waals surface area contributed by atoms with Crippen LogP contribution in [0.1, 0.15) is 38.2 Å². The van der Waals surface area contributed by atoms with Gasteiger partial charge in [-0.2, -0.15) is 0 Å². The monoisotopic (exact) mass is 309 g/mol. The predicted octanol–water partition coefficient (Wildman–Crippen LogP) is 3.59. The zero-order chi connectivity index (χ0) is 15.1. The van der Waals surface area contributed by atoms with Crippen molar-refractivity contribution in [3.8, 4) is 0 Å². The average molecular weight is 310 g/mol. The molecule has 0 heterocycles. The van der Waals surface area contributed by atoms with Crippen LogP contribution in [0.3, 0.4) is 0 Å². The van der Waals surface area contributed by atoms with Crippen LogP contribution in [0.15, 0.2) is 24.3 Å². The van der Waals surface area contributed by atoms with E-state index in [2.05, 4.69) is 12.2 Å². The van der Waals surface area contributed by atoms with Gasteiger partial charge in [-0.05, 0) is 30.4 Å². The summed E-state index contributed by atoms with van der Waals surface area (Å²) in [5.41, 5.74) is 0.860. The quantitative estimate of drug-likeness (QED) is 0.815. The molecule has 1 aromatic carbocycles. The van der Waals surface area contributed by atoms with E-state index in [-0.39, 0.29) is 5.91 Å². The molecule has 0 aromatic heterocycles. The Bertz CT molecular complexity index is 464. The molecule has 1 aromatic rings. The van der Waals surface area contributed by atoms with Gasteiger partial charge in [0, 0.05) is 11.6 Å². The van der Waals surface area contributed by atoms with Gasteiger partial charge in [0.1, 0.15) is 0 Å². The molecular formula is C17H24ClNO2. The second kappa shape index (κ2) is 8.40. The van der Waals surface area contributed by atoms with Crippen LogP contribution in [-0.2, 0) is 16.0 Å². The first-order valence-electron chi connectivity index (χ1n) is 7.78. The number of halogens is 1. The lowest BCUT2D eigenvalue weighted by Gasteiger charge is -2.28. The van der Waals surface area contributed by atoms with E-state index < -0.39 is 0 Å². The second-order valence-electron chi connectivity index (χ2n) is 5.79. The third-order valence-electron chi connectivity index (χ3n) is 4.10. The number of amides is 1. The highest BCUT2D eigenvalue weighted by Crippen LogP contribution is 2.25. The molecular weight excluding hydrogens is 286 g/mol. The number of benzene rings is 1. The second-order valence-corrected chi connectivity index (χ2v) is 6.20. The van der Waals surface area contributed by atoms with Crippen LogP contribution in [0.25, 0.3) is 0 Å². The standard InChI is InChI=1S/C17H24ClNO2/c1-13-6-2-5-9-16(13)21-11-10-19-17(20)12-14-7-3-4-8-15(14)18/h3-4,7-8,13,16H,2,5-6,9-12H2,1H3,(H,19,20)/t13-,16-/m0/s1. The minimum atomic E-state index is -0.0107. The Morgan fingerprint density at radius 2 is 2.10 bits per heavy atom. The minimum Gasteiger partial charge on any atom is -0.376 e. The lowest BCUT2D eigenvalue weighted by Crippen LogP contribution is -2.32. The van der Waals surface area contributed by atoms with E-state index in [0.29, 0.717) is 36.6 Å². The number of hydrogen-bond acceptors (Lipinski definition) is 2. The average Bonchev–Trinajstić information content (AvgIpc) is 2.48. The largest absolute Gasteiger partial charge is 0.376 e. The molecule has 0 radical (unpaired) electrons. The molecule has 2 rings (SSSR count). The van der Waals surface area contributed by atoms with Crippen molar-refractivity contribution in [1.29, 1.82) is 0 Å². The van der Waals surface area contributed by atoms with Gasteiger partial charge in [0.05, 0.1) is 19.1 Å². The highest BCUT2D eigenvalue weighted by atomic mass is 35.5. The molecule has 0 saturated heterocycles. The van der Waals surface area contributed by atoms with E-state index in [0.717, 1.165) is 12.0 Å². The lowest BCUT2D eigenvalue weighted by atomic mass is 9.88. The van der Waals surface area contributed by atoms with E-state index >= 15 is 0 Å². The zero-order valence-electron chi connectivity index (χ0n) is 12.6. The summed E-state index contributed by atoms with van der Waals surface area (Å²) >= 11 is 6.04. The third kappa shape index (κ3) is 5.33. The molecule has 1 amide bonds. The minimum absolute atomic E-state index is 0.0107. The number of rotatable bonds is 6. The number of nitrogens with one attached hydrogen (secondary N) is 1.